The molecule has 1 aromatic rings. The lowest BCUT2D eigenvalue weighted by Gasteiger charge is -2.24. The Morgan fingerprint density at radius 3 is 2.78 bits per heavy atom. The molecule has 1 aliphatic carbocycles. The number of aromatic nitrogens is 2. The Kier molecular flexibility index (Phi) is 3.50. The number of hydrogen-bond acceptors (Lipinski definition) is 5. The Morgan fingerprint density at radius 2 is 2.00 bits per heavy atom. The van der Waals surface area contributed by atoms with Gasteiger partial charge in [-0.1, -0.05) is 6.42 Å². The van der Waals surface area contributed by atoms with E-state index < -0.39 is 0 Å². The summed E-state index contributed by atoms with van der Waals surface area (Å²) in [7, 11) is 2.02. The maximum Gasteiger partial charge on any atom is 0.266 e. The van der Waals surface area contributed by atoms with Gasteiger partial charge in [-0.05, 0) is 44.3 Å². The minimum absolute atomic E-state index is 0.404. The molecule has 2 aliphatic rings. The van der Waals surface area contributed by atoms with E-state index in [2.05, 4.69) is 20.4 Å². The average Bonchev–Trinajstić information content (AvgIpc) is 3.08. The van der Waals surface area contributed by atoms with Crippen molar-refractivity contribution in [2.24, 2.45) is 0 Å². The zero-order valence-corrected chi connectivity index (χ0v) is 11.1. The molecular weight excluding hydrogens is 228 g/mol. The van der Waals surface area contributed by atoms with Gasteiger partial charge in [0.05, 0.1) is 5.92 Å². The van der Waals surface area contributed by atoms with E-state index in [1.807, 2.05) is 7.05 Å². The number of likely N-dealkylation sites (N-methyl/N-ethyl adjacent to an activating group) is 1. The molecule has 0 bridgehead atoms. The normalized spacial score (nSPS) is 28.8. The molecule has 3 rings (SSSR count). The molecule has 1 aromatic heterocycles. The van der Waals surface area contributed by atoms with E-state index in [4.69, 9.17) is 4.52 Å². The summed E-state index contributed by atoms with van der Waals surface area (Å²) in [6.45, 7) is 2.14. The SMILES string of the molecule is CNC1CCCC1c1nc(N2CCCCC2)no1. The maximum atomic E-state index is 5.49. The van der Waals surface area contributed by atoms with Crippen LogP contribution in [0.3, 0.4) is 0 Å². The van der Waals surface area contributed by atoms with Crippen LogP contribution in [-0.2, 0) is 0 Å². The molecule has 1 aliphatic heterocycles. The highest BCUT2D eigenvalue weighted by atomic mass is 16.5. The van der Waals surface area contributed by atoms with Crippen molar-refractivity contribution in [2.75, 3.05) is 25.0 Å². The number of hydrogen-bond donors (Lipinski definition) is 1. The van der Waals surface area contributed by atoms with Crippen molar-refractivity contribution in [3.8, 4) is 0 Å². The minimum atomic E-state index is 0.404. The van der Waals surface area contributed by atoms with Crippen LogP contribution in [0.1, 0.15) is 50.3 Å². The van der Waals surface area contributed by atoms with Crippen molar-refractivity contribution in [1.29, 1.82) is 0 Å². The summed E-state index contributed by atoms with van der Waals surface area (Å²) in [5.74, 6) is 2.03. The summed E-state index contributed by atoms with van der Waals surface area (Å²) in [6, 6.07) is 0.500. The first-order chi connectivity index (χ1) is 8.88. The summed E-state index contributed by atoms with van der Waals surface area (Å²) in [6.07, 6.45) is 7.43. The fourth-order valence-electron chi connectivity index (χ4n) is 3.20. The maximum absolute atomic E-state index is 5.49. The number of nitrogens with one attached hydrogen (secondary N) is 1. The third kappa shape index (κ3) is 2.23. The molecule has 2 atom stereocenters. The zero-order valence-electron chi connectivity index (χ0n) is 11.1. The molecule has 1 N–H and O–H groups in total. The highest BCUT2D eigenvalue weighted by molar-refractivity contribution is 5.28. The molecule has 18 heavy (non-hydrogen) atoms. The molecule has 1 saturated heterocycles. The molecule has 0 aromatic carbocycles. The quantitative estimate of drug-likeness (QED) is 0.888. The molecule has 0 radical (unpaired) electrons. The molecule has 2 heterocycles. The van der Waals surface area contributed by atoms with E-state index in [9.17, 15) is 0 Å². The summed E-state index contributed by atoms with van der Waals surface area (Å²) in [5.41, 5.74) is 0. The van der Waals surface area contributed by atoms with Crippen LogP contribution in [0.5, 0.6) is 0 Å². The van der Waals surface area contributed by atoms with Crippen LogP contribution in [0.15, 0.2) is 4.52 Å². The Hall–Kier alpha value is -1.10. The van der Waals surface area contributed by atoms with Gasteiger partial charge >= 0.3 is 0 Å². The minimum Gasteiger partial charge on any atom is -0.338 e. The van der Waals surface area contributed by atoms with E-state index in [0.29, 0.717) is 12.0 Å². The van der Waals surface area contributed by atoms with Crippen LogP contribution in [0.4, 0.5) is 5.95 Å². The molecule has 1 saturated carbocycles. The average molecular weight is 250 g/mol. The molecule has 0 spiro atoms. The summed E-state index contributed by atoms with van der Waals surface area (Å²) < 4.78 is 5.49. The van der Waals surface area contributed by atoms with Crippen LogP contribution < -0.4 is 10.2 Å². The number of nitrogens with zero attached hydrogens (tertiary/aromatic N) is 3. The van der Waals surface area contributed by atoms with Crippen LogP contribution in [-0.4, -0.2) is 36.3 Å². The van der Waals surface area contributed by atoms with Crippen molar-refractivity contribution >= 4 is 5.95 Å². The van der Waals surface area contributed by atoms with E-state index in [0.717, 1.165) is 31.3 Å². The highest BCUT2D eigenvalue weighted by Crippen LogP contribution is 2.34. The number of piperidine rings is 1. The van der Waals surface area contributed by atoms with Crippen molar-refractivity contribution in [1.82, 2.24) is 15.5 Å². The largest absolute Gasteiger partial charge is 0.338 e. The van der Waals surface area contributed by atoms with Gasteiger partial charge in [0.2, 0.25) is 5.89 Å². The lowest BCUT2D eigenvalue weighted by Crippen LogP contribution is -2.30. The highest BCUT2D eigenvalue weighted by Gasteiger charge is 2.32. The molecule has 2 fully saturated rings. The lowest BCUT2D eigenvalue weighted by atomic mass is 10.0. The predicted molar refractivity (Wildman–Crippen MR) is 69.8 cm³/mol. The van der Waals surface area contributed by atoms with Crippen LogP contribution in [0.2, 0.25) is 0 Å². The fraction of sp³-hybridized carbons (Fsp3) is 0.846. The van der Waals surface area contributed by atoms with Crippen molar-refractivity contribution in [3.63, 3.8) is 0 Å². The van der Waals surface area contributed by atoms with E-state index in [-0.39, 0.29) is 0 Å². The fourth-order valence-corrected chi connectivity index (χ4v) is 3.20. The Labute approximate surface area is 108 Å². The van der Waals surface area contributed by atoms with E-state index in [1.54, 1.807) is 0 Å². The standard InChI is InChI=1S/C13H22N4O/c1-14-11-7-5-6-10(11)12-15-13(16-18-12)17-8-3-2-4-9-17/h10-11,14H,2-9H2,1H3. The second kappa shape index (κ2) is 5.26. The van der Waals surface area contributed by atoms with Gasteiger partial charge in [0.1, 0.15) is 0 Å². The third-order valence-corrected chi connectivity index (χ3v) is 4.27. The summed E-state index contributed by atoms with van der Waals surface area (Å²) in [5, 5.41) is 7.53. The van der Waals surface area contributed by atoms with Gasteiger partial charge in [0, 0.05) is 19.1 Å². The zero-order chi connectivity index (χ0) is 12.4. The summed E-state index contributed by atoms with van der Waals surface area (Å²) >= 11 is 0. The van der Waals surface area contributed by atoms with Gasteiger partial charge in [-0.15, -0.1) is 0 Å². The van der Waals surface area contributed by atoms with E-state index >= 15 is 0 Å². The van der Waals surface area contributed by atoms with Gasteiger partial charge in [0.25, 0.3) is 5.95 Å². The number of anilines is 1. The molecule has 0 amide bonds. The van der Waals surface area contributed by atoms with Gasteiger partial charge in [0.15, 0.2) is 0 Å². The van der Waals surface area contributed by atoms with Crippen LogP contribution >= 0.6 is 0 Å². The first-order valence-electron chi connectivity index (χ1n) is 7.14. The van der Waals surface area contributed by atoms with Gasteiger partial charge < -0.3 is 14.7 Å². The second-order valence-electron chi connectivity index (χ2n) is 5.41. The van der Waals surface area contributed by atoms with Crippen molar-refractivity contribution in [2.45, 2.75) is 50.5 Å². The van der Waals surface area contributed by atoms with E-state index in [1.165, 1.54) is 32.1 Å². The molecule has 5 heteroatoms. The van der Waals surface area contributed by atoms with Gasteiger partial charge in [-0.25, -0.2) is 0 Å². The van der Waals surface area contributed by atoms with Crippen LogP contribution in [0.25, 0.3) is 0 Å². The lowest BCUT2D eigenvalue weighted by molar-refractivity contribution is 0.334. The summed E-state index contributed by atoms with van der Waals surface area (Å²) in [4.78, 5) is 6.87. The molecule has 2 unspecified atom stereocenters. The van der Waals surface area contributed by atoms with Gasteiger partial charge in [-0.2, -0.15) is 4.98 Å². The Morgan fingerprint density at radius 1 is 1.17 bits per heavy atom. The first kappa shape index (κ1) is 12.0. The molecule has 100 valence electrons. The van der Waals surface area contributed by atoms with Crippen molar-refractivity contribution < 1.29 is 4.52 Å². The van der Waals surface area contributed by atoms with Crippen LogP contribution in [0, 0.1) is 0 Å². The smallest absolute Gasteiger partial charge is 0.266 e. The monoisotopic (exact) mass is 250 g/mol. The Balaban J connectivity index is 1.72. The number of rotatable bonds is 3. The Bertz CT molecular complexity index is 386. The third-order valence-electron chi connectivity index (χ3n) is 4.27. The van der Waals surface area contributed by atoms with Crippen molar-refractivity contribution in [3.05, 3.63) is 5.89 Å². The molecular formula is C13H22N4O. The first-order valence-corrected chi connectivity index (χ1v) is 7.14. The predicted octanol–water partition coefficient (Wildman–Crippen LogP) is 1.92. The topological polar surface area (TPSA) is 54.2 Å². The second-order valence-corrected chi connectivity index (χ2v) is 5.41. The van der Waals surface area contributed by atoms with Gasteiger partial charge in [-0.3, -0.25) is 0 Å². The molecule has 5 nitrogen and oxygen atoms in total.